The van der Waals surface area contributed by atoms with Gasteiger partial charge in [0.1, 0.15) is 0 Å². The van der Waals surface area contributed by atoms with E-state index in [1.54, 1.807) is 0 Å². The van der Waals surface area contributed by atoms with Crippen LogP contribution in [0.2, 0.25) is 0 Å². The molecule has 0 aliphatic heterocycles. The van der Waals surface area contributed by atoms with Gasteiger partial charge in [-0.05, 0) is 19.3 Å². The molecule has 0 spiro atoms. The van der Waals surface area contributed by atoms with E-state index in [0.29, 0.717) is 12.8 Å². The van der Waals surface area contributed by atoms with Crippen LogP contribution in [0.1, 0.15) is 41.9 Å². The Morgan fingerprint density at radius 2 is 1.96 bits per heavy atom. The summed E-state index contributed by atoms with van der Waals surface area (Å²) in [6.07, 6.45) is 1.19. The van der Waals surface area contributed by atoms with Crippen LogP contribution in [0, 0.1) is 11.6 Å². The first-order valence-corrected chi connectivity index (χ1v) is 7.43. The molecule has 128 valence electrons. The van der Waals surface area contributed by atoms with E-state index in [1.165, 1.54) is 11.5 Å². The lowest BCUT2D eigenvalue weighted by atomic mass is 10.0. The number of aromatic nitrogens is 1. The second kappa shape index (κ2) is 5.47. The van der Waals surface area contributed by atoms with E-state index in [1.807, 2.05) is 0 Å². The van der Waals surface area contributed by atoms with E-state index in [0.717, 1.165) is 7.11 Å². The van der Waals surface area contributed by atoms with Crippen LogP contribution in [0.15, 0.2) is 4.79 Å². The molecule has 2 N–H and O–H groups in total. The van der Waals surface area contributed by atoms with Gasteiger partial charge in [-0.3, -0.25) is 4.79 Å². The number of hydrogen-bond donors (Lipinski definition) is 2. The van der Waals surface area contributed by atoms with Crippen molar-refractivity contribution in [1.82, 2.24) is 4.57 Å². The Bertz CT molecular complexity index is 931. The highest BCUT2D eigenvalue weighted by molar-refractivity contribution is 5.97. The van der Waals surface area contributed by atoms with Crippen molar-refractivity contribution in [3.05, 3.63) is 33.1 Å². The molecule has 24 heavy (non-hydrogen) atoms. The molecule has 6 nitrogen and oxygen atoms in total. The van der Waals surface area contributed by atoms with Gasteiger partial charge in [-0.1, -0.05) is 6.92 Å². The van der Waals surface area contributed by atoms with Gasteiger partial charge in [0.15, 0.2) is 23.0 Å². The number of aromatic hydroxyl groups is 1. The Balaban J connectivity index is 2.69. The van der Waals surface area contributed by atoms with Crippen molar-refractivity contribution in [2.75, 3.05) is 7.11 Å². The number of nitrogens with zero attached hydrogens (tertiary/aromatic N) is 1. The maximum atomic E-state index is 14.4. The zero-order chi connectivity index (χ0) is 17.8. The van der Waals surface area contributed by atoms with Gasteiger partial charge >= 0.3 is 5.97 Å². The van der Waals surface area contributed by atoms with Gasteiger partial charge in [0.05, 0.1) is 18.0 Å². The first kappa shape index (κ1) is 16.2. The highest BCUT2D eigenvalue weighted by atomic mass is 19.2. The molecule has 1 aromatic carbocycles. The minimum absolute atomic E-state index is 0.00495. The average Bonchev–Trinajstić information content (AvgIpc) is 3.36. The monoisotopic (exact) mass is 339 g/mol. The molecule has 2 aromatic rings. The van der Waals surface area contributed by atoms with Gasteiger partial charge < -0.3 is 19.5 Å². The predicted molar refractivity (Wildman–Crippen MR) is 80.9 cm³/mol. The number of fused-ring (bicyclic) bond motifs is 1. The van der Waals surface area contributed by atoms with Gasteiger partial charge in [0.2, 0.25) is 11.2 Å². The first-order valence-electron chi connectivity index (χ1n) is 7.43. The summed E-state index contributed by atoms with van der Waals surface area (Å²) in [5.41, 5.74) is -2.03. The maximum Gasteiger partial charge on any atom is 0.356 e. The minimum atomic E-state index is -1.52. The zero-order valence-corrected chi connectivity index (χ0v) is 13.0. The SMILES string of the molecule is CCc1c(F)c(F)c(OC)c2c1c(=O)c(O)c(C(=O)O)n2C1CC1. The van der Waals surface area contributed by atoms with Crippen LogP contribution in [0.4, 0.5) is 8.78 Å². The van der Waals surface area contributed by atoms with Crippen LogP contribution >= 0.6 is 0 Å². The van der Waals surface area contributed by atoms with Gasteiger partial charge in [0.25, 0.3) is 0 Å². The molecule has 1 aromatic heterocycles. The van der Waals surface area contributed by atoms with Gasteiger partial charge in [-0.25, -0.2) is 9.18 Å². The molecule has 8 heteroatoms. The number of aryl methyl sites for hydroxylation is 1. The topological polar surface area (TPSA) is 88.8 Å². The summed E-state index contributed by atoms with van der Waals surface area (Å²) < 4.78 is 34.8. The summed E-state index contributed by atoms with van der Waals surface area (Å²) in [6, 6.07) is -0.325. The summed E-state index contributed by atoms with van der Waals surface area (Å²) in [5, 5.41) is 19.2. The fourth-order valence-electron chi connectivity index (χ4n) is 3.05. The molecule has 0 saturated heterocycles. The summed E-state index contributed by atoms with van der Waals surface area (Å²) in [6.45, 7) is 1.53. The molecule has 1 saturated carbocycles. The number of carboxylic acid groups (broad SMARTS) is 1. The highest BCUT2D eigenvalue weighted by Crippen LogP contribution is 2.44. The number of carboxylic acids is 1. The van der Waals surface area contributed by atoms with Crippen LogP contribution in [0.3, 0.4) is 0 Å². The lowest BCUT2D eigenvalue weighted by molar-refractivity contribution is 0.0680. The number of hydrogen-bond acceptors (Lipinski definition) is 4. The Morgan fingerprint density at radius 1 is 1.33 bits per heavy atom. The van der Waals surface area contributed by atoms with Crippen molar-refractivity contribution in [2.24, 2.45) is 0 Å². The molecular formula is C16H15F2NO5. The number of methoxy groups -OCH3 is 1. The Kier molecular flexibility index (Phi) is 3.70. The smallest absolute Gasteiger partial charge is 0.356 e. The first-order chi connectivity index (χ1) is 11.3. The number of aromatic carboxylic acids is 1. The fourth-order valence-corrected chi connectivity index (χ4v) is 3.05. The van der Waals surface area contributed by atoms with Gasteiger partial charge in [-0.15, -0.1) is 0 Å². The average molecular weight is 339 g/mol. The molecule has 0 radical (unpaired) electrons. The van der Waals surface area contributed by atoms with Crippen molar-refractivity contribution in [3.63, 3.8) is 0 Å². The van der Waals surface area contributed by atoms with Crippen LogP contribution in [0.5, 0.6) is 11.5 Å². The highest BCUT2D eigenvalue weighted by Gasteiger charge is 2.36. The van der Waals surface area contributed by atoms with E-state index < -0.39 is 40.2 Å². The molecule has 0 atom stereocenters. The number of ether oxygens (including phenoxy) is 1. The van der Waals surface area contributed by atoms with Gasteiger partial charge in [-0.2, -0.15) is 4.39 Å². The molecular weight excluding hydrogens is 324 g/mol. The third-order valence-corrected chi connectivity index (χ3v) is 4.23. The Hall–Kier alpha value is -2.64. The summed E-state index contributed by atoms with van der Waals surface area (Å²) >= 11 is 0. The minimum Gasteiger partial charge on any atom is -0.502 e. The van der Waals surface area contributed by atoms with Crippen molar-refractivity contribution in [2.45, 2.75) is 32.2 Å². The van der Waals surface area contributed by atoms with Crippen molar-refractivity contribution in [1.29, 1.82) is 0 Å². The predicted octanol–water partition coefficient (Wildman–Crippen LogP) is 2.59. The molecule has 1 aliphatic rings. The lowest BCUT2D eigenvalue weighted by Crippen LogP contribution is -2.21. The molecule has 0 unspecified atom stereocenters. The number of carbonyl (C=O) groups is 1. The largest absolute Gasteiger partial charge is 0.502 e. The standard InChI is InChI=1S/C16H15F2NO5/c1-3-7-8-11(15(24-2)10(18)9(7)17)19(6-4-5-6)12(16(22)23)14(21)13(8)20/h6,21H,3-5H2,1-2H3,(H,22,23). The van der Waals surface area contributed by atoms with Crippen molar-refractivity contribution in [3.8, 4) is 11.5 Å². The number of rotatable bonds is 4. The number of pyridine rings is 1. The van der Waals surface area contributed by atoms with E-state index in [-0.39, 0.29) is 28.9 Å². The van der Waals surface area contributed by atoms with Gasteiger partial charge in [0, 0.05) is 11.6 Å². The normalized spacial score (nSPS) is 14.2. The quantitative estimate of drug-likeness (QED) is 0.894. The van der Waals surface area contributed by atoms with Crippen LogP contribution in [0.25, 0.3) is 10.9 Å². The molecule has 1 fully saturated rings. The van der Waals surface area contributed by atoms with Crippen molar-refractivity contribution < 1.29 is 28.5 Å². The van der Waals surface area contributed by atoms with Crippen LogP contribution < -0.4 is 10.2 Å². The van der Waals surface area contributed by atoms with E-state index in [2.05, 4.69) is 0 Å². The summed E-state index contributed by atoms with van der Waals surface area (Å²) in [4.78, 5) is 24.0. The van der Waals surface area contributed by atoms with E-state index in [4.69, 9.17) is 4.74 Å². The summed E-state index contributed by atoms with van der Waals surface area (Å²) in [7, 11) is 1.11. The molecule has 1 heterocycles. The summed E-state index contributed by atoms with van der Waals surface area (Å²) in [5.74, 6) is -5.56. The van der Waals surface area contributed by atoms with E-state index >= 15 is 0 Å². The third-order valence-electron chi connectivity index (χ3n) is 4.23. The van der Waals surface area contributed by atoms with Crippen LogP contribution in [-0.2, 0) is 6.42 Å². The third kappa shape index (κ3) is 2.05. The molecule has 3 rings (SSSR count). The number of halogens is 2. The Morgan fingerprint density at radius 3 is 2.42 bits per heavy atom. The van der Waals surface area contributed by atoms with Crippen LogP contribution in [-0.4, -0.2) is 27.9 Å². The van der Waals surface area contributed by atoms with Crippen molar-refractivity contribution >= 4 is 16.9 Å². The number of benzene rings is 1. The second-order valence-corrected chi connectivity index (χ2v) is 5.65. The lowest BCUT2D eigenvalue weighted by Gasteiger charge is -2.20. The molecule has 1 aliphatic carbocycles. The Labute approximate surface area is 134 Å². The zero-order valence-electron chi connectivity index (χ0n) is 13.0. The molecule has 0 amide bonds. The van der Waals surface area contributed by atoms with E-state index in [9.17, 15) is 28.6 Å². The second-order valence-electron chi connectivity index (χ2n) is 5.65. The fraction of sp³-hybridized carbons (Fsp3) is 0.375. The maximum absolute atomic E-state index is 14.4. The molecule has 0 bridgehead atoms.